The fraction of sp³-hybridized carbons (Fsp3) is 0.125. The summed E-state index contributed by atoms with van der Waals surface area (Å²) in [5, 5.41) is 18.4. The summed E-state index contributed by atoms with van der Waals surface area (Å²) in [7, 11) is 1.87. The first-order chi connectivity index (χ1) is 9.19. The van der Waals surface area contributed by atoms with Crippen molar-refractivity contribution in [2.75, 3.05) is 11.9 Å². The standard InChI is InChI=1S/C16H13N3/c1-12-6-5-8-14(11-18)16(12)19(2)15-9-4-3-7-13(15)10-17/h3-9H,1-2H3. The van der Waals surface area contributed by atoms with Crippen LogP contribution in [0.3, 0.4) is 0 Å². The van der Waals surface area contributed by atoms with Crippen LogP contribution in [0.1, 0.15) is 16.7 Å². The van der Waals surface area contributed by atoms with E-state index in [2.05, 4.69) is 12.1 Å². The number of nitriles is 2. The van der Waals surface area contributed by atoms with Crippen LogP contribution in [-0.2, 0) is 0 Å². The van der Waals surface area contributed by atoms with E-state index in [4.69, 9.17) is 5.26 Å². The van der Waals surface area contributed by atoms with Gasteiger partial charge in [0.1, 0.15) is 12.1 Å². The molecule has 0 aliphatic heterocycles. The molecule has 0 aliphatic carbocycles. The summed E-state index contributed by atoms with van der Waals surface area (Å²) in [5.41, 5.74) is 3.85. The molecule has 0 aromatic heterocycles. The summed E-state index contributed by atoms with van der Waals surface area (Å²) in [6, 6.07) is 17.4. The molecule has 92 valence electrons. The van der Waals surface area contributed by atoms with Crippen LogP contribution in [0.4, 0.5) is 11.4 Å². The molecule has 0 saturated carbocycles. The second-order valence-corrected chi connectivity index (χ2v) is 4.27. The third-order valence-electron chi connectivity index (χ3n) is 3.08. The van der Waals surface area contributed by atoms with Crippen LogP contribution >= 0.6 is 0 Å². The van der Waals surface area contributed by atoms with E-state index in [-0.39, 0.29) is 0 Å². The molecule has 2 aromatic rings. The van der Waals surface area contributed by atoms with E-state index in [1.54, 1.807) is 12.1 Å². The molecule has 0 bridgehead atoms. The molecule has 0 radical (unpaired) electrons. The smallest absolute Gasteiger partial charge is 0.101 e. The minimum atomic E-state index is 0.595. The zero-order valence-corrected chi connectivity index (χ0v) is 10.9. The van der Waals surface area contributed by atoms with Crippen LogP contribution in [0.15, 0.2) is 42.5 Å². The molecular weight excluding hydrogens is 234 g/mol. The van der Waals surface area contributed by atoms with Gasteiger partial charge in [-0.1, -0.05) is 24.3 Å². The van der Waals surface area contributed by atoms with Crippen LogP contribution < -0.4 is 4.90 Å². The van der Waals surface area contributed by atoms with Crippen molar-refractivity contribution in [2.24, 2.45) is 0 Å². The number of para-hydroxylation sites is 2. The first-order valence-electron chi connectivity index (χ1n) is 5.91. The Bertz CT molecular complexity index is 690. The molecule has 19 heavy (non-hydrogen) atoms. The molecule has 0 unspecified atom stereocenters. The predicted molar refractivity (Wildman–Crippen MR) is 75.1 cm³/mol. The lowest BCUT2D eigenvalue weighted by Gasteiger charge is -2.23. The summed E-state index contributed by atoms with van der Waals surface area (Å²) in [6.45, 7) is 1.96. The maximum absolute atomic E-state index is 9.22. The van der Waals surface area contributed by atoms with Crippen LogP contribution in [0.5, 0.6) is 0 Å². The second-order valence-electron chi connectivity index (χ2n) is 4.27. The molecule has 2 aromatic carbocycles. The van der Waals surface area contributed by atoms with E-state index in [9.17, 15) is 5.26 Å². The first-order valence-corrected chi connectivity index (χ1v) is 5.91. The highest BCUT2D eigenvalue weighted by Crippen LogP contribution is 2.31. The van der Waals surface area contributed by atoms with Crippen molar-refractivity contribution in [1.29, 1.82) is 10.5 Å². The van der Waals surface area contributed by atoms with Gasteiger partial charge in [-0.05, 0) is 30.7 Å². The fourth-order valence-corrected chi connectivity index (χ4v) is 2.18. The predicted octanol–water partition coefficient (Wildman–Crippen LogP) is 3.51. The van der Waals surface area contributed by atoms with Crippen molar-refractivity contribution in [3.05, 3.63) is 59.2 Å². The van der Waals surface area contributed by atoms with E-state index < -0.39 is 0 Å². The SMILES string of the molecule is Cc1cccc(C#N)c1N(C)c1ccccc1C#N. The quantitative estimate of drug-likeness (QED) is 0.816. The van der Waals surface area contributed by atoms with Gasteiger partial charge in [-0.25, -0.2) is 0 Å². The average Bonchev–Trinajstić information content (AvgIpc) is 2.46. The minimum Gasteiger partial charge on any atom is -0.342 e. The van der Waals surface area contributed by atoms with Crippen molar-refractivity contribution in [2.45, 2.75) is 6.92 Å². The average molecular weight is 247 g/mol. The summed E-state index contributed by atoms with van der Waals surface area (Å²) in [5.74, 6) is 0. The highest BCUT2D eigenvalue weighted by Gasteiger charge is 2.14. The van der Waals surface area contributed by atoms with Gasteiger partial charge in [0.15, 0.2) is 0 Å². The van der Waals surface area contributed by atoms with Gasteiger partial charge in [0.2, 0.25) is 0 Å². The molecule has 0 saturated heterocycles. The normalized spacial score (nSPS) is 9.47. The Labute approximate surface area is 112 Å². The van der Waals surface area contributed by atoms with Crippen LogP contribution in [-0.4, -0.2) is 7.05 Å². The Kier molecular flexibility index (Phi) is 3.50. The van der Waals surface area contributed by atoms with E-state index in [1.165, 1.54) is 0 Å². The van der Waals surface area contributed by atoms with E-state index >= 15 is 0 Å². The van der Waals surface area contributed by atoms with Gasteiger partial charge >= 0.3 is 0 Å². The lowest BCUT2D eigenvalue weighted by atomic mass is 10.1. The third-order valence-corrected chi connectivity index (χ3v) is 3.08. The summed E-state index contributed by atoms with van der Waals surface area (Å²) in [4.78, 5) is 1.90. The highest BCUT2D eigenvalue weighted by molar-refractivity contribution is 5.75. The van der Waals surface area contributed by atoms with Crippen molar-refractivity contribution in [3.63, 3.8) is 0 Å². The highest BCUT2D eigenvalue weighted by atomic mass is 15.1. The Morgan fingerprint density at radius 1 is 0.895 bits per heavy atom. The lowest BCUT2D eigenvalue weighted by Crippen LogP contribution is -2.13. The first kappa shape index (κ1) is 12.7. The number of benzene rings is 2. The largest absolute Gasteiger partial charge is 0.342 e. The molecule has 2 rings (SSSR count). The fourth-order valence-electron chi connectivity index (χ4n) is 2.18. The molecule has 0 amide bonds. The maximum Gasteiger partial charge on any atom is 0.101 e. The van der Waals surface area contributed by atoms with E-state index in [0.29, 0.717) is 11.1 Å². The number of aryl methyl sites for hydroxylation is 1. The number of rotatable bonds is 2. The molecular formula is C16H13N3. The third kappa shape index (κ3) is 2.27. The Morgan fingerprint density at radius 3 is 2.21 bits per heavy atom. The van der Waals surface area contributed by atoms with Crippen molar-refractivity contribution >= 4 is 11.4 Å². The zero-order chi connectivity index (χ0) is 13.8. The summed E-state index contributed by atoms with van der Waals surface area (Å²) in [6.07, 6.45) is 0. The van der Waals surface area contributed by atoms with Crippen molar-refractivity contribution < 1.29 is 0 Å². The number of nitrogens with zero attached hydrogens (tertiary/aromatic N) is 3. The van der Waals surface area contributed by atoms with Crippen LogP contribution in [0.25, 0.3) is 0 Å². The maximum atomic E-state index is 9.22. The Morgan fingerprint density at radius 2 is 1.53 bits per heavy atom. The van der Waals surface area contributed by atoms with Gasteiger partial charge in [0.05, 0.1) is 22.5 Å². The monoisotopic (exact) mass is 247 g/mol. The van der Waals surface area contributed by atoms with Crippen LogP contribution in [0.2, 0.25) is 0 Å². The topological polar surface area (TPSA) is 50.8 Å². The molecule has 0 fully saturated rings. The van der Waals surface area contributed by atoms with Gasteiger partial charge in [0.25, 0.3) is 0 Å². The van der Waals surface area contributed by atoms with E-state index in [0.717, 1.165) is 16.9 Å². The number of hydrogen-bond donors (Lipinski definition) is 0. The van der Waals surface area contributed by atoms with E-state index in [1.807, 2.05) is 49.2 Å². The van der Waals surface area contributed by atoms with Gasteiger partial charge in [0, 0.05) is 7.05 Å². The van der Waals surface area contributed by atoms with Gasteiger partial charge in [-0.2, -0.15) is 10.5 Å². The van der Waals surface area contributed by atoms with Gasteiger partial charge in [-0.15, -0.1) is 0 Å². The van der Waals surface area contributed by atoms with Gasteiger partial charge < -0.3 is 4.90 Å². The molecule has 0 atom stereocenters. The Hall–Kier alpha value is -2.78. The summed E-state index contributed by atoms with van der Waals surface area (Å²) >= 11 is 0. The lowest BCUT2D eigenvalue weighted by molar-refractivity contribution is 1.17. The van der Waals surface area contributed by atoms with Gasteiger partial charge in [-0.3, -0.25) is 0 Å². The number of anilines is 2. The van der Waals surface area contributed by atoms with Crippen molar-refractivity contribution in [1.82, 2.24) is 0 Å². The molecule has 0 aliphatic rings. The molecule has 3 heteroatoms. The molecule has 0 N–H and O–H groups in total. The van der Waals surface area contributed by atoms with Crippen molar-refractivity contribution in [3.8, 4) is 12.1 Å². The zero-order valence-electron chi connectivity index (χ0n) is 10.9. The molecule has 3 nitrogen and oxygen atoms in total. The van der Waals surface area contributed by atoms with Crippen LogP contribution in [0, 0.1) is 29.6 Å². The molecule has 0 heterocycles. The minimum absolute atomic E-state index is 0.595. The number of hydrogen-bond acceptors (Lipinski definition) is 3. The Balaban J connectivity index is 2.61. The molecule has 0 spiro atoms. The summed E-state index contributed by atoms with van der Waals surface area (Å²) < 4.78 is 0. The second kappa shape index (κ2) is 5.25.